The summed E-state index contributed by atoms with van der Waals surface area (Å²) in [6.45, 7) is 0.795. The molecule has 0 saturated carbocycles. The first-order chi connectivity index (χ1) is 6.77. The lowest BCUT2D eigenvalue weighted by Gasteiger charge is -2.04. The van der Waals surface area contributed by atoms with E-state index in [0.29, 0.717) is 0 Å². The van der Waals surface area contributed by atoms with Gasteiger partial charge in [-0.3, -0.25) is 0 Å². The van der Waals surface area contributed by atoms with Crippen LogP contribution in [0.25, 0.3) is 0 Å². The van der Waals surface area contributed by atoms with E-state index in [-0.39, 0.29) is 0 Å². The van der Waals surface area contributed by atoms with Crippen molar-refractivity contribution in [1.29, 1.82) is 0 Å². The Labute approximate surface area is 95.7 Å². The number of halogens is 1. The molecule has 0 amide bonds. The summed E-state index contributed by atoms with van der Waals surface area (Å²) in [5.74, 6) is 0. The largest absolute Gasteiger partial charge is 0.337 e. The Bertz CT molecular complexity index is 487. The number of hydrogen-bond acceptors (Lipinski definition) is 1. The Morgan fingerprint density at radius 1 is 1.36 bits per heavy atom. The van der Waals surface area contributed by atoms with E-state index in [2.05, 4.69) is 27.0 Å². The highest BCUT2D eigenvalue weighted by molar-refractivity contribution is 9.10. The highest BCUT2D eigenvalue weighted by atomic mass is 79.9. The number of nitrogens with zero attached hydrogens (tertiary/aromatic N) is 1. The van der Waals surface area contributed by atoms with Gasteiger partial charge in [-0.15, -0.1) is 0 Å². The first kappa shape index (κ1) is 9.68. The molecule has 2 nitrogen and oxygen atoms in total. The fraction of sp³-hybridized carbons (Fsp3) is 0.100. The number of nitrogens with one attached hydrogen (secondary N) is 1. The first-order valence-electron chi connectivity index (χ1n) is 4.24. The lowest BCUT2D eigenvalue weighted by atomic mass is 10.2. The van der Waals surface area contributed by atoms with Crippen LogP contribution < -0.4 is 0 Å². The zero-order valence-corrected chi connectivity index (χ0v) is 9.81. The third-order valence-corrected chi connectivity index (χ3v) is 3.15. The molecule has 14 heavy (non-hydrogen) atoms. The summed E-state index contributed by atoms with van der Waals surface area (Å²) in [4.78, 5) is 2.97. The normalized spacial score (nSPS) is 10.4. The number of rotatable bonds is 2. The lowest BCUT2D eigenvalue weighted by Crippen LogP contribution is -1.98. The van der Waals surface area contributed by atoms with Crippen LogP contribution >= 0.6 is 28.1 Å². The van der Waals surface area contributed by atoms with Crippen LogP contribution in [0.1, 0.15) is 5.56 Å². The van der Waals surface area contributed by atoms with Crippen molar-refractivity contribution in [3.05, 3.63) is 51.5 Å². The smallest absolute Gasteiger partial charge is 0.177 e. The molecule has 0 radical (unpaired) electrons. The minimum atomic E-state index is 0.751. The lowest BCUT2D eigenvalue weighted by molar-refractivity contribution is 0.781. The van der Waals surface area contributed by atoms with Crippen molar-refractivity contribution in [1.82, 2.24) is 9.55 Å². The second kappa shape index (κ2) is 4.11. The average molecular weight is 269 g/mol. The summed E-state index contributed by atoms with van der Waals surface area (Å²) < 4.78 is 3.86. The van der Waals surface area contributed by atoms with Gasteiger partial charge in [0.2, 0.25) is 0 Å². The molecule has 0 aliphatic rings. The Morgan fingerprint density at radius 3 is 2.79 bits per heavy atom. The Hall–Kier alpha value is -0.870. The van der Waals surface area contributed by atoms with E-state index >= 15 is 0 Å². The molecular weight excluding hydrogens is 260 g/mol. The van der Waals surface area contributed by atoms with E-state index in [9.17, 15) is 0 Å². The fourth-order valence-corrected chi connectivity index (χ4v) is 1.89. The summed E-state index contributed by atoms with van der Waals surface area (Å²) in [5, 5.41) is 0. The van der Waals surface area contributed by atoms with Crippen LogP contribution in [0.3, 0.4) is 0 Å². The maximum atomic E-state index is 5.12. The van der Waals surface area contributed by atoms with E-state index in [1.54, 1.807) is 0 Å². The van der Waals surface area contributed by atoms with Gasteiger partial charge in [0.05, 0.1) is 6.54 Å². The Balaban J connectivity index is 2.32. The zero-order valence-electron chi connectivity index (χ0n) is 7.40. The number of aromatic amines is 1. The van der Waals surface area contributed by atoms with Crippen molar-refractivity contribution in [2.24, 2.45) is 0 Å². The fourth-order valence-electron chi connectivity index (χ4n) is 1.28. The second-order valence-electron chi connectivity index (χ2n) is 2.98. The molecule has 0 saturated heterocycles. The van der Waals surface area contributed by atoms with Gasteiger partial charge in [0.15, 0.2) is 4.77 Å². The first-order valence-corrected chi connectivity index (χ1v) is 5.45. The monoisotopic (exact) mass is 268 g/mol. The van der Waals surface area contributed by atoms with E-state index in [0.717, 1.165) is 15.8 Å². The van der Waals surface area contributed by atoms with Gasteiger partial charge in [0, 0.05) is 16.9 Å². The average Bonchev–Trinajstić information content (AvgIpc) is 2.56. The summed E-state index contributed by atoms with van der Waals surface area (Å²) in [6, 6.07) is 8.14. The van der Waals surface area contributed by atoms with Gasteiger partial charge in [-0.1, -0.05) is 34.1 Å². The van der Waals surface area contributed by atoms with E-state index in [4.69, 9.17) is 12.2 Å². The minimum absolute atomic E-state index is 0.751. The molecule has 0 atom stereocenters. The second-order valence-corrected chi connectivity index (χ2v) is 4.23. The van der Waals surface area contributed by atoms with E-state index in [1.807, 2.05) is 35.2 Å². The molecule has 0 fully saturated rings. The topological polar surface area (TPSA) is 20.7 Å². The number of H-pyrrole nitrogens is 1. The third-order valence-electron chi connectivity index (χ3n) is 2.02. The SMILES string of the molecule is S=c1[nH]ccn1Cc1ccccc1Br. The van der Waals surface area contributed by atoms with Gasteiger partial charge in [-0.05, 0) is 23.8 Å². The molecule has 0 bridgehead atoms. The molecular formula is C10H9BrN2S. The van der Waals surface area contributed by atoms with Gasteiger partial charge in [0.25, 0.3) is 0 Å². The maximum absolute atomic E-state index is 5.12. The molecule has 0 spiro atoms. The zero-order chi connectivity index (χ0) is 9.97. The van der Waals surface area contributed by atoms with Gasteiger partial charge < -0.3 is 9.55 Å². The molecule has 1 N–H and O–H groups in total. The maximum Gasteiger partial charge on any atom is 0.177 e. The summed E-state index contributed by atoms with van der Waals surface area (Å²) >= 11 is 8.63. The van der Waals surface area contributed by atoms with Crippen molar-refractivity contribution in [3.8, 4) is 0 Å². The molecule has 1 aromatic carbocycles. The number of imidazole rings is 1. The van der Waals surface area contributed by atoms with Crippen LogP contribution in [0.4, 0.5) is 0 Å². The van der Waals surface area contributed by atoms with Crippen molar-refractivity contribution < 1.29 is 0 Å². The summed E-state index contributed by atoms with van der Waals surface area (Å²) in [6.07, 6.45) is 3.79. The predicted octanol–water partition coefficient (Wildman–Crippen LogP) is 3.36. The Kier molecular flexibility index (Phi) is 2.84. The highest BCUT2D eigenvalue weighted by Crippen LogP contribution is 2.16. The summed E-state index contributed by atoms with van der Waals surface area (Å²) in [7, 11) is 0. The molecule has 0 unspecified atom stereocenters. The van der Waals surface area contributed by atoms with Gasteiger partial charge in [0.1, 0.15) is 0 Å². The number of benzene rings is 1. The van der Waals surface area contributed by atoms with Crippen LogP contribution in [0.15, 0.2) is 41.1 Å². The number of hydrogen-bond donors (Lipinski definition) is 1. The molecule has 0 aliphatic heterocycles. The molecule has 1 heterocycles. The summed E-state index contributed by atoms with van der Waals surface area (Å²) in [5.41, 5.74) is 1.23. The highest BCUT2D eigenvalue weighted by Gasteiger charge is 1.99. The van der Waals surface area contributed by atoms with Crippen LogP contribution in [-0.4, -0.2) is 9.55 Å². The molecule has 2 aromatic rings. The third kappa shape index (κ3) is 1.96. The molecule has 1 aromatic heterocycles. The van der Waals surface area contributed by atoms with Gasteiger partial charge in [-0.2, -0.15) is 0 Å². The molecule has 72 valence electrons. The van der Waals surface area contributed by atoms with Gasteiger partial charge in [-0.25, -0.2) is 0 Å². The Morgan fingerprint density at radius 2 is 2.14 bits per heavy atom. The van der Waals surface area contributed by atoms with Gasteiger partial charge >= 0.3 is 0 Å². The van der Waals surface area contributed by atoms with Crippen molar-refractivity contribution in [2.45, 2.75) is 6.54 Å². The van der Waals surface area contributed by atoms with Crippen LogP contribution in [0, 0.1) is 4.77 Å². The number of aromatic nitrogens is 2. The molecule has 0 aliphatic carbocycles. The standard InChI is InChI=1S/C10H9BrN2S/c11-9-4-2-1-3-8(9)7-13-6-5-12-10(13)14/h1-6H,7H2,(H,12,14). The van der Waals surface area contributed by atoms with Crippen molar-refractivity contribution >= 4 is 28.1 Å². The van der Waals surface area contributed by atoms with E-state index in [1.165, 1.54) is 5.56 Å². The molecule has 4 heteroatoms. The molecule has 2 rings (SSSR count). The van der Waals surface area contributed by atoms with Crippen LogP contribution in [0.2, 0.25) is 0 Å². The van der Waals surface area contributed by atoms with E-state index < -0.39 is 0 Å². The predicted molar refractivity (Wildman–Crippen MR) is 62.9 cm³/mol. The van der Waals surface area contributed by atoms with Crippen LogP contribution in [-0.2, 0) is 6.54 Å². The van der Waals surface area contributed by atoms with Crippen LogP contribution in [0.5, 0.6) is 0 Å². The quantitative estimate of drug-likeness (QED) is 0.829. The van der Waals surface area contributed by atoms with Crippen molar-refractivity contribution in [2.75, 3.05) is 0 Å². The van der Waals surface area contributed by atoms with Crippen molar-refractivity contribution in [3.63, 3.8) is 0 Å². The minimum Gasteiger partial charge on any atom is -0.337 e.